The number of aromatic amines is 1. The van der Waals surface area contributed by atoms with Crippen molar-refractivity contribution in [2.45, 2.75) is 19.1 Å². The Bertz CT molecular complexity index is 413. The molecule has 4 heteroatoms. The van der Waals surface area contributed by atoms with E-state index < -0.39 is 0 Å². The van der Waals surface area contributed by atoms with E-state index in [9.17, 15) is 0 Å². The number of aromatic nitrogens is 2. The van der Waals surface area contributed by atoms with Gasteiger partial charge in [-0.1, -0.05) is 30.3 Å². The van der Waals surface area contributed by atoms with Crippen molar-refractivity contribution in [3.8, 4) is 0 Å². The van der Waals surface area contributed by atoms with Gasteiger partial charge in [0.2, 0.25) is 0 Å². The second-order valence-corrected chi connectivity index (χ2v) is 4.04. The van der Waals surface area contributed by atoms with Gasteiger partial charge in [-0.15, -0.1) is 0 Å². The Balaban J connectivity index is 1.68. The third-order valence-corrected chi connectivity index (χ3v) is 2.48. The molecular formula is C13H17N3O. The van der Waals surface area contributed by atoms with Crippen LogP contribution in [0.2, 0.25) is 0 Å². The number of hydrogen-bond acceptors (Lipinski definition) is 3. The number of nitrogens with zero attached hydrogens (tertiary/aromatic N) is 1. The van der Waals surface area contributed by atoms with Crippen molar-refractivity contribution < 1.29 is 4.74 Å². The largest absolute Gasteiger partial charge is 0.375 e. The van der Waals surface area contributed by atoms with Gasteiger partial charge in [-0.05, 0) is 5.56 Å². The maximum Gasteiger partial charge on any atom is 0.0921 e. The van der Waals surface area contributed by atoms with Gasteiger partial charge >= 0.3 is 0 Å². The van der Waals surface area contributed by atoms with Crippen LogP contribution in [0.3, 0.4) is 0 Å². The molecule has 0 saturated heterocycles. The zero-order valence-corrected chi connectivity index (χ0v) is 9.67. The lowest BCUT2D eigenvalue weighted by atomic mass is 10.2. The Morgan fingerprint density at radius 2 is 2.12 bits per heavy atom. The van der Waals surface area contributed by atoms with Crippen LogP contribution in [0.5, 0.6) is 0 Å². The molecule has 0 bridgehead atoms. The van der Waals surface area contributed by atoms with Gasteiger partial charge in [-0.25, -0.2) is 4.98 Å². The number of rotatable bonds is 6. The monoisotopic (exact) mass is 231 g/mol. The van der Waals surface area contributed by atoms with E-state index in [4.69, 9.17) is 10.5 Å². The summed E-state index contributed by atoms with van der Waals surface area (Å²) in [7, 11) is 0. The highest BCUT2D eigenvalue weighted by Gasteiger charge is 2.05. The summed E-state index contributed by atoms with van der Waals surface area (Å²) in [6.45, 7) is 1.16. The van der Waals surface area contributed by atoms with E-state index in [-0.39, 0.29) is 6.04 Å². The van der Waals surface area contributed by atoms with Crippen LogP contribution in [0.4, 0.5) is 0 Å². The van der Waals surface area contributed by atoms with Crippen molar-refractivity contribution in [1.82, 2.24) is 9.97 Å². The number of hydrogen-bond donors (Lipinski definition) is 2. The molecule has 0 aliphatic heterocycles. The average Bonchev–Trinajstić information content (AvgIpc) is 2.83. The fraction of sp³-hybridized carbons (Fsp3) is 0.308. The molecule has 17 heavy (non-hydrogen) atoms. The van der Waals surface area contributed by atoms with Crippen molar-refractivity contribution in [2.75, 3.05) is 6.61 Å². The zero-order valence-electron chi connectivity index (χ0n) is 9.67. The molecule has 0 spiro atoms. The topological polar surface area (TPSA) is 63.9 Å². The summed E-state index contributed by atoms with van der Waals surface area (Å²) in [5.41, 5.74) is 8.17. The molecule has 2 aromatic rings. The van der Waals surface area contributed by atoms with Crippen molar-refractivity contribution in [3.63, 3.8) is 0 Å². The van der Waals surface area contributed by atoms with Crippen LogP contribution in [0.25, 0.3) is 0 Å². The minimum Gasteiger partial charge on any atom is -0.375 e. The predicted octanol–water partition coefficient (Wildman–Crippen LogP) is 1.50. The minimum atomic E-state index is -0.000776. The Hall–Kier alpha value is -1.65. The molecule has 0 aliphatic carbocycles. The number of benzene rings is 1. The number of nitrogens with two attached hydrogens (primary N) is 1. The number of imidazole rings is 1. The molecule has 0 unspecified atom stereocenters. The van der Waals surface area contributed by atoms with E-state index in [0.717, 1.165) is 12.1 Å². The van der Waals surface area contributed by atoms with Crippen LogP contribution in [0.15, 0.2) is 42.9 Å². The van der Waals surface area contributed by atoms with Gasteiger partial charge in [-0.3, -0.25) is 0 Å². The molecule has 0 amide bonds. The van der Waals surface area contributed by atoms with Crippen molar-refractivity contribution in [1.29, 1.82) is 0 Å². The minimum absolute atomic E-state index is 0.000776. The van der Waals surface area contributed by atoms with Crippen LogP contribution in [-0.4, -0.2) is 22.6 Å². The maximum absolute atomic E-state index is 5.96. The number of nitrogens with one attached hydrogen (secondary N) is 1. The first-order valence-electron chi connectivity index (χ1n) is 5.69. The van der Waals surface area contributed by atoms with Gasteiger partial charge in [0.05, 0.1) is 19.5 Å². The molecule has 1 aromatic carbocycles. The fourth-order valence-electron chi connectivity index (χ4n) is 1.64. The second-order valence-electron chi connectivity index (χ2n) is 4.04. The van der Waals surface area contributed by atoms with Crippen LogP contribution in [0, 0.1) is 0 Å². The fourth-order valence-corrected chi connectivity index (χ4v) is 1.64. The first-order valence-corrected chi connectivity index (χ1v) is 5.69. The number of ether oxygens (including phenoxy) is 1. The molecule has 90 valence electrons. The van der Waals surface area contributed by atoms with Gasteiger partial charge in [0.15, 0.2) is 0 Å². The van der Waals surface area contributed by atoms with Gasteiger partial charge in [0.1, 0.15) is 0 Å². The van der Waals surface area contributed by atoms with E-state index in [0.29, 0.717) is 13.2 Å². The van der Waals surface area contributed by atoms with E-state index in [1.807, 2.05) is 30.3 Å². The smallest absolute Gasteiger partial charge is 0.0921 e. The Morgan fingerprint density at radius 1 is 1.29 bits per heavy atom. The van der Waals surface area contributed by atoms with E-state index >= 15 is 0 Å². The van der Waals surface area contributed by atoms with E-state index in [2.05, 4.69) is 9.97 Å². The molecule has 4 nitrogen and oxygen atoms in total. The maximum atomic E-state index is 5.96. The lowest BCUT2D eigenvalue weighted by Gasteiger charge is -2.11. The first kappa shape index (κ1) is 11.8. The average molecular weight is 231 g/mol. The third kappa shape index (κ3) is 4.01. The normalized spacial score (nSPS) is 12.5. The van der Waals surface area contributed by atoms with Crippen molar-refractivity contribution >= 4 is 0 Å². The van der Waals surface area contributed by atoms with Gasteiger partial charge in [0.25, 0.3) is 0 Å². The summed E-state index contributed by atoms with van der Waals surface area (Å²) in [6, 6.07) is 10.1. The molecule has 0 saturated carbocycles. The lowest BCUT2D eigenvalue weighted by molar-refractivity contribution is 0.107. The zero-order chi connectivity index (χ0) is 11.9. The molecule has 0 radical (unpaired) electrons. The Kier molecular flexibility index (Phi) is 4.30. The third-order valence-electron chi connectivity index (χ3n) is 2.48. The predicted molar refractivity (Wildman–Crippen MR) is 66.4 cm³/mol. The first-order chi connectivity index (χ1) is 8.34. The van der Waals surface area contributed by atoms with Crippen molar-refractivity contribution in [2.24, 2.45) is 5.73 Å². The van der Waals surface area contributed by atoms with Crippen LogP contribution < -0.4 is 5.73 Å². The summed E-state index contributed by atoms with van der Waals surface area (Å²) in [4.78, 5) is 6.98. The van der Waals surface area contributed by atoms with Crippen LogP contribution in [-0.2, 0) is 17.8 Å². The quantitative estimate of drug-likeness (QED) is 0.791. The SMILES string of the molecule is N[C@@H](COCc1ccccc1)Cc1cnc[nH]1. The molecule has 3 N–H and O–H groups in total. The van der Waals surface area contributed by atoms with Crippen LogP contribution in [0.1, 0.15) is 11.3 Å². The summed E-state index contributed by atoms with van der Waals surface area (Å²) in [5, 5.41) is 0. The molecule has 0 fully saturated rings. The summed E-state index contributed by atoms with van der Waals surface area (Å²) < 4.78 is 5.57. The van der Waals surface area contributed by atoms with Gasteiger partial charge in [0, 0.05) is 24.4 Å². The molecule has 2 rings (SSSR count). The molecule has 0 aliphatic rings. The summed E-state index contributed by atoms with van der Waals surface area (Å²) >= 11 is 0. The van der Waals surface area contributed by atoms with E-state index in [1.165, 1.54) is 5.56 Å². The Labute approximate surface area is 101 Å². The standard InChI is InChI=1S/C13H17N3O/c14-12(6-13-7-15-10-16-13)9-17-8-11-4-2-1-3-5-11/h1-5,7,10,12H,6,8-9,14H2,(H,15,16)/t12-/m1/s1. The second kappa shape index (κ2) is 6.18. The summed E-state index contributed by atoms with van der Waals surface area (Å²) in [5.74, 6) is 0. The number of H-pyrrole nitrogens is 1. The van der Waals surface area contributed by atoms with Crippen molar-refractivity contribution in [3.05, 3.63) is 54.1 Å². The highest BCUT2D eigenvalue weighted by molar-refractivity contribution is 5.13. The molecular weight excluding hydrogens is 214 g/mol. The highest BCUT2D eigenvalue weighted by atomic mass is 16.5. The highest BCUT2D eigenvalue weighted by Crippen LogP contribution is 2.02. The van der Waals surface area contributed by atoms with E-state index in [1.54, 1.807) is 12.5 Å². The molecule has 1 atom stereocenters. The molecule has 1 aromatic heterocycles. The lowest BCUT2D eigenvalue weighted by Crippen LogP contribution is -2.28. The van der Waals surface area contributed by atoms with Gasteiger partial charge in [-0.2, -0.15) is 0 Å². The van der Waals surface area contributed by atoms with Gasteiger partial charge < -0.3 is 15.5 Å². The molecule has 1 heterocycles. The summed E-state index contributed by atoms with van der Waals surface area (Å²) in [6.07, 6.45) is 4.21. The Morgan fingerprint density at radius 3 is 2.82 bits per heavy atom. The van der Waals surface area contributed by atoms with Crippen LogP contribution >= 0.6 is 0 Å².